The van der Waals surface area contributed by atoms with Gasteiger partial charge in [-0.1, -0.05) is 125 Å². The third-order valence-electron chi connectivity index (χ3n) is 7.95. The first kappa shape index (κ1) is 46.8. The van der Waals surface area contributed by atoms with Crippen LogP contribution in [-0.2, 0) is 28.6 Å². The van der Waals surface area contributed by atoms with E-state index in [4.69, 9.17) is 14.2 Å². The third-order valence-corrected chi connectivity index (χ3v) is 7.95. The SMILES string of the molecule is CC/C=C/C=C/C=C/C=C/CCCCCCCC(=O)OC(COCCC(C(=O)[O-])[N+](C)(C)C)COC(=O)CCCCC/C=C/C=C/CCCC. The van der Waals surface area contributed by atoms with Crippen molar-refractivity contribution in [3.05, 3.63) is 72.9 Å². The van der Waals surface area contributed by atoms with Crippen LogP contribution in [0.2, 0.25) is 0 Å². The van der Waals surface area contributed by atoms with E-state index in [1.54, 1.807) is 21.1 Å². The quantitative estimate of drug-likeness (QED) is 0.0301. The van der Waals surface area contributed by atoms with E-state index in [1.807, 2.05) is 30.4 Å². The molecule has 8 heteroatoms. The summed E-state index contributed by atoms with van der Waals surface area (Å²) in [6, 6.07) is -0.736. The molecule has 0 aliphatic heterocycles. The van der Waals surface area contributed by atoms with E-state index in [0.29, 0.717) is 6.42 Å². The zero-order chi connectivity index (χ0) is 37.1. The molecule has 50 heavy (non-hydrogen) atoms. The summed E-state index contributed by atoms with van der Waals surface area (Å²) in [6.07, 6.45) is 39.3. The number of carboxylic acids is 1. The first-order valence-corrected chi connectivity index (χ1v) is 19.0. The maximum Gasteiger partial charge on any atom is 0.306 e. The molecular weight excluding hydrogens is 630 g/mol. The predicted octanol–water partition coefficient (Wildman–Crippen LogP) is 8.29. The number of esters is 2. The van der Waals surface area contributed by atoms with E-state index >= 15 is 0 Å². The molecule has 0 amide bonds. The van der Waals surface area contributed by atoms with Gasteiger partial charge in [-0.05, 0) is 51.4 Å². The first-order valence-electron chi connectivity index (χ1n) is 19.0. The van der Waals surface area contributed by atoms with E-state index < -0.39 is 18.1 Å². The predicted molar refractivity (Wildman–Crippen MR) is 203 cm³/mol. The van der Waals surface area contributed by atoms with Gasteiger partial charge >= 0.3 is 11.9 Å². The van der Waals surface area contributed by atoms with Crippen LogP contribution in [0.25, 0.3) is 0 Å². The molecule has 2 unspecified atom stereocenters. The van der Waals surface area contributed by atoms with Crippen molar-refractivity contribution in [2.45, 2.75) is 135 Å². The summed E-state index contributed by atoms with van der Waals surface area (Å²) in [6.45, 7) is 4.38. The Hall–Kier alpha value is -3.23. The number of hydrogen-bond acceptors (Lipinski definition) is 7. The van der Waals surface area contributed by atoms with E-state index in [9.17, 15) is 19.5 Å². The van der Waals surface area contributed by atoms with E-state index in [2.05, 4.69) is 56.4 Å². The van der Waals surface area contributed by atoms with E-state index in [-0.39, 0.29) is 49.1 Å². The van der Waals surface area contributed by atoms with Crippen LogP contribution in [0.5, 0.6) is 0 Å². The Bertz CT molecular complexity index is 1050. The molecule has 0 radical (unpaired) electrons. The van der Waals surface area contributed by atoms with Crippen molar-refractivity contribution in [1.29, 1.82) is 0 Å². The Labute approximate surface area is 304 Å². The third kappa shape index (κ3) is 30.8. The average molecular weight is 700 g/mol. The van der Waals surface area contributed by atoms with Gasteiger partial charge in [0.2, 0.25) is 0 Å². The molecule has 0 rings (SSSR count). The number of carbonyl (C=O) groups is 3. The van der Waals surface area contributed by atoms with Crippen LogP contribution in [0.1, 0.15) is 123 Å². The van der Waals surface area contributed by atoms with Gasteiger partial charge in [0.1, 0.15) is 12.6 Å². The van der Waals surface area contributed by atoms with Crippen LogP contribution < -0.4 is 5.11 Å². The van der Waals surface area contributed by atoms with Crippen molar-refractivity contribution in [3.63, 3.8) is 0 Å². The second kappa shape index (κ2) is 32.9. The molecule has 0 N–H and O–H groups in total. The molecule has 0 aromatic carbocycles. The van der Waals surface area contributed by atoms with Gasteiger partial charge in [0.15, 0.2) is 6.10 Å². The fourth-order valence-corrected chi connectivity index (χ4v) is 4.94. The Morgan fingerprint density at radius 2 is 1.12 bits per heavy atom. The second-order valence-corrected chi connectivity index (χ2v) is 13.5. The number of ether oxygens (including phenoxy) is 3. The lowest BCUT2D eigenvalue weighted by atomic mass is 10.1. The summed E-state index contributed by atoms with van der Waals surface area (Å²) in [4.78, 5) is 36.6. The maximum atomic E-state index is 12.6. The lowest BCUT2D eigenvalue weighted by Crippen LogP contribution is -2.55. The van der Waals surface area contributed by atoms with Crippen LogP contribution >= 0.6 is 0 Å². The molecule has 0 saturated heterocycles. The highest BCUT2D eigenvalue weighted by Crippen LogP contribution is 2.12. The number of nitrogens with zero attached hydrogens (tertiary/aromatic N) is 1. The lowest BCUT2D eigenvalue weighted by molar-refractivity contribution is -0.889. The largest absolute Gasteiger partial charge is 0.544 e. The highest BCUT2D eigenvalue weighted by Gasteiger charge is 2.25. The molecule has 0 spiro atoms. The molecule has 0 aliphatic carbocycles. The summed E-state index contributed by atoms with van der Waals surface area (Å²) >= 11 is 0. The fourth-order valence-electron chi connectivity index (χ4n) is 4.94. The molecule has 0 aromatic rings. The number of unbranched alkanes of at least 4 members (excludes halogenated alkanes) is 10. The van der Waals surface area contributed by atoms with Gasteiger partial charge < -0.3 is 28.6 Å². The monoisotopic (exact) mass is 700 g/mol. The standard InChI is InChI=1S/C42H69NO7/c1-6-8-10-12-14-16-18-19-20-21-23-25-27-29-31-33-41(45)50-38(36-48-35-34-39(42(46)47)43(3,4)5)37-49-40(44)32-30-28-26-24-22-17-15-13-11-9-7-2/h8,10,12-20,22,38-39H,6-7,9,11,21,23-37H2,1-5H3/b10-8+,14-12+,15-13+,18-16+,20-19+,22-17+. The molecule has 0 fully saturated rings. The summed E-state index contributed by atoms with van der Waals surface area (Å²) < 4.78 is 17.0. The Kier molecular flexibility index (Phi) is 30.8. The van der Waals surface area contributed by atoms with Crippen LogP contribution in [0.4, 0.5) is 0 Å². The van der Waals surface area contributed by atoms with Gasteiger partial charge in [0.25, 0.3) is 0 Å². The molecule has 0 aromatic heterocycles. The summed E-state index contributed by atoms with van der Waals surface area (Å²) in [5.41, 5.74) is 0. The number of rotatable bonds is 32. The number of hydrogen-bond donors (Lipinski definition) is 0. The molecular formula is C42H69NO7. The highest BCUT2D eigenvalue weighted by atomic mass is 16.6. The normalized spacial score (nSPS) is 13.9. The van der Waals surface area contributed by atoms with Crippen molar-refractivity contribution in [2.75, 3.05) is 41.0 Å². The summed E-state index contributed by atoms with van der Waals surface area (Å²) in [7, 11) is 5.37. The van der Waals surface area contributed by atoms with Crippen LogP contribution in [0.15, 0.2) is 72.9 Å². The minimum Gasteiger partial charge on any atom is -0.544 e. The molecule has 0 bridgehead atoms. The molecule has 2 atom stereocenters. The highest BCUT2D eigenvalue weighted by molar-refractivity contribution is 5.70. The van der Waals surface area contributed by atoms with Gasteiger partial charge in [-0.3, -0.25) is 9.59 Å². The van der Waals surface area contributed by atoms with Crippen molar-refractivity contribution < 1.29 is 38.2 Å². The van der Waals surface area contributed by atoms with Crippen molar-refractivity contribution in [2.24, 2.45) is 0 Å². The van der Waals surface area contributed by atoms with Gasteiger partial charge in [0, 0.05) is 19.3 Å². The Morgan fingerprint density at radius 1 is 0.620 bits per heavy atom. The number of carbonyl (C=O) groups excluding carboxylic acids is 3. The fraction of sp³-hybridized carbons (Fsp3) is 0.643. The molecule has 0 saturated carbocycles. The topological polar surface area (TPSA) is 102 Å². The van der Waals surface area contributed by atoms with E-state index in [0.717, 1.165) is 77.0 Å². The van der Waals surface area contributed by atoms with E-state index in [1.165, 1.54) is 12.8 Å². The van der Waals surface area contributed by atoms with Crippen LogP contribution in [0.3, 0.4) is 0 Å². The zero-order valence-electron chi connectivity index (χ0n) is 32.0. The maximum absolute atomic E-state index is 12.6. The number of carboxylic acid groups (broad SMARTS) is 1. The molecule has 0 aliphatic rings. The molecule has 8 nitrogen and oxygen atoms in total. The minimum atomic E-state index is -1.14. The summed E-state index contributed by atoms with van der Waals surface area (Å²) in [5, 5.41) is 11.6. The Morgan fingerprint density at radius 3 is 1.70 bits per heavy atom. The lowest BCUT2D eigenvalue weighted by Gasteiger charge is -2.34. The first-order chi connectivity index (χ1) is 24.1. The van der Waals surface area contributed by atoms with Gasteiger partial charge in [0.05, 0.1) is 40.3 Å². The number of likely N-dealkylation sites (N-methyl/N-ethyl adjacent to an activating group) is 1. The number of quaternary nitrogens is 1. The van der Waals surface area contributed by atoms with Gasteiger partial charge in [-0.25, -0.2) is 0 Å². The van der Waals surface area contributed by atoms with Gasteiger partial charge in [-0.15, -0.1) is 0 Å². The van der Waals surface area contributed by atoms with Gasteiger partial charge in [-0.2, -0.15) is 0 Å². The van der Waals surface area contributed by atoms with Crippen molar-refractivity contribution >= 4 is 17.9 Å². The number of aliphatic carboxylic acids is 1. The Balaban J connectivity index is 4.53. The zero-order valence-corrected chi connectivity index (χ0v) is 32.0. The smallest absolute Gasteiger partial charge is 0.306 e. The second-order valence-electron chi connectivity index (χ2n) is 13.5. The van der Waals surface area contributed by atoms with Crippen LogP contribution in [0, 0.1) is 0 Å². The number of allylic oxidation sites excluding steroid dienone is 12. The molecule has 284 valence electrons. The minimum absolute atomic E-state index is 0.0179. The summed E-state index contributed by atoms with van der Waals surface area (Å²) in [5.74, 6) is -1.82. The van der Waals surface area contributed by atoms with Crippen molar-refractivity contribution in [3.8, 4) is 0 Å². The van der Waals surface area contributed by atoms with Crippen LogP contribution in [-0.4, -0.2) is 75.5 Å². The molecule has 0 heterocycles. The van der Waals surface area contributed by atoms with Crippen molar-refractivity contribution in [1.82, 2.24) is 0 Å². The average Bonchev–Trinajstić information content (AvgIpc) is 3.06.